The minimum atomic E-state index is 0.650. The molecule has 84 valence electrons. The number of benzene rings is 1. The van der Waals surface area contributed by atoms with Gasteiger partial charge in [-0.15, -0.1) is 0 Å². The smallest absolute Gasteiger partial charge is 0.157 e. The lowest BCUT2D eigenvalue weighted by atomic mass is 10.1. The number of aryl methyl sites for hydroxylation is 1. The van der Waals surface area contributed by atoms with Gasteiger partial charge >= 0.3 is 0 Å². The minimum absolute atomic E-state index is 0.650. The first-order valence-corrected chi connectivity index (χ1v) is 5.07. The van der Waals surface area contributed by atoms with Crippen LogP contribution in [0.5, 0.6) is 5.75 Å². The van der Waals surface area contributed by atoms with Gasteiger partial charge in [0.2, 0.25) is 0 Å². The van der Waals surface area contributed by atoms with E-state index in [1.54, 1.807) is 12.3 Å². The van der Waals surface area contributed by atoms with E-state index in [-0.39, 0.29) is 0 Å². The maximum atomic E-state index is 5.25. The minimum Gasteiger partial charge on any atom is -0.411 e. The van der Waals surface area contributed by atoms with Crippen LogP contribution in [-0.4, -0.2) is 19.1 Å². The molecule has 1 heterocycles. The molecule has 0 atom stereocenters. The van der Waals surface area contributed by atoms with Crippen LogP contribution in [0.25, 0.3) is 10.9 Å². The lowest BCUT2D eigenvalue weighted by molar-refractivity contribution is 0.338. The number of fused-ring (bicyclic) bond motifs is 1. The third-order valence-electron chi connectivity index (χ3n) is 2.62. The molecule has 1 aromatic carbocycles. The van der Waals surface area contributed by atoms with Crippen molar-refractivity contribution in [2.75, 3.05) is 19.0 Å². The van der Waals surface area contributed by atoms with Gasteiger partial charge in [0.25, 0.3) is 0 Å². The number of rotatable bonds is 2. The maximum Gasteiger partial charge on any atom is 0.157 e. The molecule has 4 nitrogen and oxygen atoms in total. The van der Waals surface area contributed by atoms with E-state index in [2.05, 4.69) is 11.1 Å². The molecule has 2 aromatic rings. The van der Waals surface area contributed by atoms with E-state index in [1.165, 1.54) is 0 Å². The van der Waals surface area contributed by atoms with Crippen LogP contribution >= 0.6 is 0 Å². The van der Waals surface area contributed by atoms with Crippen LogP contribution in [0.3, 0.4) is 0 Å². The Morgan fingerprint density at radius 2 is 2.06 bits per heavy atom. The molecule has 0 amide bonds. The van der Waals surface area contributed by atoms with Crippen molar-refractivity contribution in [3.05, 3.63) is 30.0 Å². The molecule has 2 N–H and O–H groups in total. The zero-order valence-electron chi connectivity index (χ0n) is 9.69. The highest BCUT2D eigenvalue weighted by molar-refractivity contribution is 5.90. The van der Waals surface area contributed by atoms with Crippen LogP contribution in [0.1, 0.15) is 5.56 Å². The Balaban J connectivity index is 2.77. The Labute approximate surface area is 94.6 Å². The molecule has 0 aliphatic rings. The van der Waals surface area contributed by atoms with Gasteiger partial charge in [-0.3, -0.25) is 4.98 Å². The molecule has 0 saturated carbocycles. The second-order valence-electron chi connectivity index (χ2n) is 3.98. The summed E-state index contributed by atoms with van der Waals surface area (Å²) in [7, 11) is 4.00. The highest BCUT2D eigenvalue weighted by Gasteiger charge is 2.08. The van der Waals surface area contributed by atoms with E-state index in [4.69, 9.17) is 10.7 Å². The standard InChI is InChI=1S/C12H15N3O/c1-8-6-9(15(2)3)7-10-11(16-13)4-5-14-12(8)10/h4-7H,13H2,1-3H3. The van der Waals surface area contributed by atoms with Crippen molar-refractivity contribution in [1.82, 2.24) is 4.98 Å². The van der Waals surface area contributed by atoms with Crippen molar-refractivity contribution < 1.29 is 4.84 Å². The van der Waals surface area contributed by atoms with Gasteiger partial charge in [-0.2, -0.15) is 5.90 Å². The third-order valence-corrected chi connectivity index (χ3v) is 2.62. The predicted octanol–water partition coefficient (Wildman–Crippen LogP) is 1.86. The molecule has 16 heavy (non-hydrogen) atoms. The van der Waals surface area contributed by atoms with E-state index < -0.39 is 0 Å². The average Bonchev–Trinajstić information content (AvgIpc) is 2.28. The van der Waals surface area contributed by atoms with Gasteiger partial charge in [0.05, 0.1) is 5.52 Å². The fourth-order valence-corrected chi connectivity index (χ4v) is 1.75. The average molecular weight is 217 g/mol. The van der Waals surface area contributed by atoms with Crippen molar-refractivity contribution in [2.45, 2.75) is 6.92 Å². The zero-order chi connectivity index (χ0) is 11.7. The molecule has 0 saturated heterocycles. The van der Waals surface area contributed by atoms with Crippen LogP contribution in [-0.2, 0) is 0 Å². The highest BCUT2D eigenvalue weighted by Crippen LogP contribution is 2.29. The maximum absolute atomic E-state index is 5.25. The molecule has 2 rings (SSSR count). The summed E-state index contributed by atoms with van der Waals surface area (Å²) in [6.07, 6.45) is 1.70. The monoisotopic (exact) mass is 217 g/mol. The summed E-state index contributed by atoms with van der Waals surface area (Å²) < 4.78 is 0. The first kappa shape index (κ1) is 10.7. The summed E-state index contributed by atoms with van der Waals surface area (Å²) in [5.41, 5.74) is 3.14. The Bertz CT molecular complexity index is 523. The first-order valence-electron chi connectivity index (χ1n) is 5.07. The van der Waals surface area contributed by atoms with Gasteiger partial charge in [-0.25, -0.2) is 0 Å². The molecule has 0 spiro atoms. The third kappa shape index (κ3) is 1.67. The fourth-order valence-electron chi connectivity index (χ4n) is 1.75. The summed E-state index contributed by atoms with van der Waals surface area (Å²) in [6.45, 7) is 2.03. The van der Waals surface area contributed by atoms with Gasteiger partial charge in [-0.05, 0) is 24.6 Å². The Hall–Kier alpha value is -1.81. The molecule has 0 aliphatic carbocycles. The summed E-state index contributed by atoms with van der Waals surface area (Å²) >= 11 is 0. The Morgan fingerprint density at radius 1 is 1.31 bits per heavy atom. The predicted molar refractivity (Wildman–Crippen MR) is 65.6 cm³/mol. The van der Waals surface area contributed by atoms with Crippen LogP contribution in [0, 0.1) is 6.92 Å². The van der Waals surface area contributed by atoms with Crippen molar-refractivity contribution in [2.24, 2.45) is 5.90 Å². The van der Waals surface area contributed by atoms with E-state index >= 15 is 0 Å². The van der Waals surface area contributed by atoms with Gasteiger partial charge < -0.3 is 9.74 Å². The van der Waals surface area contributed by atoms with Crippen LogP contribution in [0.15, 0.2) is 24.4 Å². The summed E-state index contributed by atoms with van der Waals surface area (Å²) in [4.78, 5) is 11.2. The van der Waals surface area contributed by atoms with Crippen LogP contribution in [0.4, 0.5) is 5.69 Å². The number of anilines is 1. The normalized spacial score (nSPS) is 10.5. The lowest BCUT2D eigenvalue weighted by Crippen LogP contribution is -2.09. The Morgan fingerprint density at radius 3 is 2.69 bits per heavy atom. The lowest BCUT2D eigenvalue weighted by Gasteiger charge is -2.15. The molecule has 4 heteroatoms. The van der Waals surface area contributed by atoms with Crippen molar-refractivity contribution in [1.29, 1.82) is 0 Å². The highest BCUT2D eigenvalue weighted by atomic mass is 16.6. The van der Waals surface area contributed by atoms with E-state index in [0.29, 0.717) is 5.75 Å². The number of hydrogen-bond acceptors (Lipinski definition) is 4. The summed E-state index contributed by atoms with van der Waals surface area (Å²) in [5, 5.41) is 0.939. The molecule has 1 aromatic heterocycles. The molecule has 0 fully saturated rings. The molecule has 0 radical (unpaired) electrons. The van der Waals surface area contributed by atoms with Gasteiger partial charge in [-0.1, -0.05) is 0 Å². The number of aromatic nitrogens is 1. The topological polar surface area (TPSA) is 51.4 Å². The van der Waals surface area contributed by atoms with E-state index in [1.807, 2.05) is 32.0 Å². The van der Waals surface area contributed by atoms with E-state index in [0.717, 1.165) is 22.2 Å². The van der Waals surface area contributed by atoms with Crippen molar-refractivity contribution in [3.63, 3.8) is 0 Å². The molecule has 0 aliphatic heterocycles. The van der Waals surface area contributed by atoms with Gasteiger partial charge in [0.15, 0.2) is 5.75 Å². The second kappa shape index (κ2) is 3.98. The number of nitrogens with zero attached hydrogens (tertiary/aromatic N) is 2. The van der Waals surface area contributed by atoms with Gasteiger partial charge in [0, 0.05) is 37.4 Å². The largest absolute Gasteiger partial charge is 0.411 e. The van der Waals surface area contributed by atoms with Crippen LogP contribution < -0.4 is 15.6 Å². The van der Waals surface area contributed by atoms with Crippen LogP contribution in [0.2, 0.25) is 0 Å². The molecule has 0 unspecified atom stereocenters. The quantitative estimate of drug-likeness (QED) is 0.780. The number of nitrogens with two attached hydrogens (primary N) is 1. The summed E-state index contributed by atoms with van der Waals surface area (Å²) in [6, 6.07) is 5.88. The van der Waals surface area contributed by atoms with Crippen molar-refractivity contribution in [3.8, 4) is 5.75 Å². The first-order chi connectivity index (χ1) is 7.63. The summed E-state index contributed by atoms with van der Waals surface area (Å²) in [5.74, 6) is 5.90. The van der Waals surface area contributed by atoms with E-state index in [9.17, 15) is 0 Å². The molecular formula is C12H15N3O. The molecular weight excluding hydrogens is 202 g/mol. The van der Waals surface area contributed by atoms with Gasteiger partial charge in [0.1, 0.15) is 0 Å². The Kier molecular flexibility index (Phi) is 2.66. The number of pyridine rings is 1. The number of hydrogen-bond donors (Lipinski definition) is 1. The van der Waals surface area contributed by atoms with Crippen molar-refractivity contribution >= 4 is 16.6 Å². The molecule has 0 bridgehead atoms. The second-order valence-corrected chi connectivity index (χ2v) is 3.98. The fraction of sp³-hybridized carbons (Fsp3) is 0.250. The SMILES string of the molecule is Cc1cc(N(C)C)cc2c(ON)ccnc12. The zero-order valence-corrected chi connectivity index (χ0v) is 9.69.